The van der Waals surface area contributed by atoms with Crippen LogP contribution >= 0.6 is 11.3 Å². The Morgan fingerprint density at radius 2 is 1.96 bits per heavy atom. The molecule has 0 aliphatic carbocycles. The standard InChI is InChI=1S/C22H18N4OS/c1-16-7-5-8-17(13-16)22(27)24-23-14-18-15-26(19-9-3-2-4-10-19)25-21(18)20-11-6-12-28-20/h2-15H,1H3,(H,24,27)/b23-14-. The molecule has 0 bridgehead atoms. The van der Waals surface area contributed by atoms with Crippen molar-refractivity contribution in [2.24, 2.45) is 5.10 Å². The van der Waals surface area contributed by atoms with Crippen LogP contribution in [0.5, 0.6) is 0 Å². The van der Waals surface area contributed by atoms with Crippen molar-refractivity contribution in [1.82, 2.24) is 15.2 Å². The van der Waals surface area contributed by atoms with Crippen LogP contribution in [0, 0.1) is 6.92 Å². The summed E-state index contributed by atoms with van der Waals surface area (Å²) in [6.07, 6.45) is 3.54. The number of benzene rings is 2. The van der Waals surface area contributed by atoms with Crippen LogP contribution in [0.1, 0.15) is 21.5 Å². The lowest BCUT2D eigenvalue weighted by Crippen LogP contribution is -2.17. The molecule has 1 amide bonds. The highest BCUT2D eigenvalue weighted by molar-refractivity contribution is 7.13. The van der Waals surface area contributed by atoms with E-state index >= 15 is 0 Å². The van der Waals surface area contributed by atoms with Gasteiger partial charge in [-0.05, 0) is 42.6 Å². The molecule has 0 saturated heterocycles. The van der Waals surface area contributed by atoms with Crippen LogP contribution < -0.4 is 5.43 Å². The van der Waals surface area contributed by atoms with Crippen molar-refractivity contribution in [2.45, 2.75) is 6.92 Å². The number of aromatic nitrogens is 2. The molecule has 0 radical (unpaired) electrons. The van der Waals surface area contributed by atoms with E-state index in [1.807, 2.05) is 83.8 Å². The molecule has 0 aliphatic heterocycles. The van der Waals surface area contributed by atoms with Crippen molar-refractivity contribution < 1.29 is 4.79 Å². The van der Waals surface area contributed by atoms with Crippen molar-refractivity contribution in [3.8, 4) is 16.3 Å². The second-order valence-electron chi connectivity index (χ2n) is 6.26. The van der Waals surface area contributed by atoms with E-state index in [0.717, 1.165) is 27.4 Å². The molecule has 0 saturated carbocycles. The first-order valence-electron chi connectivity index (χ1n) is 8.80. The predicted octanol–water partition coefficient (Wildman–Crippen LogP) is 4.67. The fourth-order valence-electron chi connectivity index (χ4n) is 2.81. The number of nitrogens with zero attached hydrogens (tertiary/aromatic N) is 3. The quantitative estimate of drug-likeness (QED) is 0.400. The molecule has 0 fully saturated rings. The summed E-state index contributed by atoms with van der Waals surface area (Å²) in [4.78, 5) is 13.3. The monoisotopic (exact) mass is 386 g/mol. The summed E-state index contributed by atoms with van der Waals surface area (Å²) in [6.45, 7) is 1.95. The number of thiophene rings is 1. The molecule has 0 atom stereocenters. The number of carbonyl (C=O) groups is 1. The number of amides is 1. The van der Waals surface area contributed by atoms with Crippen molar-refractivity contribution in [2.75, 3.05) is 0 Å². The lowest BCUT2D eigenvalue weighted by atomic mass is 10.1. The number of hydrogen-bond donors (Lipinski definition) is 1. The minimum Gasteiger partial charge on any atom is -0.267 e. The number of hydrazone groups is 1. The summed E-state index contributed by atoms with van der Waals surface area (Å²) in [5.74, 6) is -0.243. The van der Waals surface area contributed by atoms with Gasteiger partial charge in [0, 0.05) is 17.3 Å². The number of carbonyl (C=O) groups excluding carboxylic acids is 1. The van der Waals surface area contributed by atoms with E-state index in [9.17, 15) is 4.79 Å². The average molecular weight is 386 g/mol. The first-order valence-corrected chi connectivity index (χ1v) is 9.68. The van der Waals surface area contributed by atoms with E-state index < -0.39 is 0 Å². The van der Waals surface area contributed by atoms with E-state index in [1.165, 1.54) is 0 Å². The zero-order chi connectivity index (χ0) is 19.3. The molecule has 28 heavy (non-hydrogen) atoms. The summed E-state index contributed by atoms with van der Waals surface area (Å²) in [6, 6.07) is 21.3. The first-order chi connectivity index (χ1) is 13.7. The predicted molar refractivity (Wildman–Crippen MR) is 113 cm³/mol. The third-order valence-corrected chi connectivity index (χ3v) is 5.04. The van der Waals surface area contributed by atoms with Gasteiger partial charge in [0.25, 0.3) is 5.91 Å². The average Bonchev–Trinajstić information content (AvgIpc) is 3.38. The van der Waals surface area contributed by atoms with Gasteiger partial charge in [-0.15, -0.1) is 11.3 Å². The minimum atomic E-state index is -0.243. The van der Waals surface area contributed by atoms with Crippen molar-refractivity contribution >= 4 is 23.5 Å². The second kappa shape index (κ2) is 8.02. The topological polar surface area (TPSA) is 59.3 Å². The van der Waals surface area contributed by atoms with Gasteiger partial charge < -0.3 is 0 Å². The van der Waals surface area contributed by atoms with E-state index in [4.69, 9.17) is 5.10 Å². The van der Waals surface area contributed by atoms with E-state index in [-0.39, 0.29) is 5.91 Å². The third kappa shape index (κ3) is 3.92. The zero-order valence-corrected chi connectivity index (χ0v) is 16.1. The molecule has 138 valence electrons. The zero-order valence-electron chi connectivity index (χ0n) is 15.2. The summed E-state index contributed by atoms with van der Waals surface area (Å²) >= 11 is 1.61. The molecule has 2 aromatic heterocycles. The molecular formula is C22H18N4OS. The van der Waals surface area contributed by atoms with Gasteiger partial charge in [0.05, 0.1) is 16.8 Å². The van der Waals surface area contributed by atoms with Gasteiger partial charge in [0.1, 0.15) is 5.69 Å². The van der Waals surface area contributed by atoms with Crippen LogP contribution in [0.25, 0.3) is 16.3 Å². The highest BCUT2D eigenvalue weighted by atomic mass is 32.1. The molecule has 2 heterocycles. The maximum absolute atomic E-state index is 12.3. The molecule has 0 unspecified atom stereocenters. The Kier molecular flexibility index (Phi) is 5.12. The Bertz CT molecular complexity index is 1110. The molecule has 0 aliphatic rings. The smallest absolute Gasteiger partial charge is 0.267 e. The van der Waals surface area contributed by atoms with Gasteiger partial charge in [-0.2, -0.15) is 10.2 Å². The van der Waals surface area contributed by atoms with Crippen LogP contribution in [0.15, 0.2) is 83.4 Å². The molecule has 4 rings (SSSR count). The van der Waals surface area contributed by atoms with Crippen LogP contribution in [0.4, 0.5) is 0 Å². The number of rotatable bonds is 5. The van der Waals surface area contributed by atoms with Gasteiger partial charge in [-0.3, -0.25) is 4.79 Å². The van der Waals surface area contributed by atoms with E-state index in [2.05, 4.69) is 10.5 Å². The van der Waals surface area contributed by atoms with Crippen LogP contribution in [-0.2, 0) is 0 Å². The summed E-state index contributed by atoms with van der Waals surface area (Å²) in [7, 11) is 0. The second-order valence-corrected chi connectivity index (χ2v) is 7.21. The minimum absolute atomic E-state index is 0.243. The fraction of sp³-hybridized carbons (Fsp3) is 0.0455. The largest absolute Gasteiger partial charge is 0.271 e. The van der Waals surface area contributed by atoms with Crippen LogP contribution in [0.3, 0.4) is 0 Å². The first kappa shape index (κ1) is 17.9. The Labute approximate surface area is 167 Å². The summed E-state index contributed by atoms with van der Waals surface area (Å²) < 4.78 is 1.82. The highest BCUT2D eigenvalue weighted by Crippen LogP contribution is 2.26. The van der Waals surface area contributed by atoms with Gasteiger partial charge >= 0.3 is 0 Å². The van der Waals surface area contributed by atoms with Crippen molar-refractivity contribution in [1.29, 1.82) is 0 Å². The SMILES string of the molecule is Cc1cccc(C(=O)N/N=C\c2cn(-c3ccccc3)nc2-c2cccs2)c1. The van der Waals surface area contributed by atoms with Crippen LogP contribution in [0.2, 0.25) is 0 Å². The van der Waals surface area contributed by atoms with Crippen molar-refractivity contribution in [3.63, 3.8) is 0 Å². The summed E-state index contributed by atoms with van der Waals surface area (Å²) in [5, 5.41) is 10.9. The van der Waals surface area contributed by atoms with Gasteiger partial charge in [-0.25, -0.2) is 10.1 Å². The lowest BCUT2D eigenvalue weighted by molar-refractivity contribution is 0.0955. The number of aryl methyl sites for hydroxylation is 1. The maximum Gasteiger partial charge on any atom is 0.271 e. The Balaban J connectivity index is 1.60. The Morgan fingerprint density at radius 3 is 2.71 bits per heavy atom. The van der Waals surface area contributed by atoms with E-state index in [0.29, 0.717) is 5.56 Å². The normalized spacial score (nSPS) is 11.0. The van der Waals surface area contributed by atoms with Crippen LogP contribution in [-0.4, -0.2) is 21.9 Å². The third-order valence-electron chi connectivity index (χ3n) is 4.17. The number of para-hydroxylation sites is 1. The van der Waals surface area contributed by atoms with E-state index in [1.54, 1.807) is 23.6 Å². The molecule has 5 nitrogen and oxygen atoms in total. The molecule has 6 heteroatoms. The van der Waals surface area contributed by atoms with Gasteiger partial charge in [0.15, 0.2) is 0 Å². The number of hydrogen-bond acceptors (Lipinski definition) is 4. The Morgan fingerprint density at radius 1 is 1.11 bits per heavy atom. The molecule has 2 aromatic carbocycles. The van der Waals surface area contributed by atoms with Gasteiger partial charge in [0.2, 0.25) is 0 Å². The van der Waals surface area contributed by atoms with Gasteiger partial charge in [-0.1, -0.05) is 42.0 Å². The highest BCUT2D eigenvalue weighted by Gasteiger charge is 2.12. The van der Waals surface area contributed by atoms with Crippen molar-refractivity contribution in [3.05, 3.63) is 95.0 Å². The summed E-state index contributed by atoms with van der Waals surface area (Å²) in [5.41, 5.74) is 6.82. The molecule has 1 N–H and O–H groups in total. The number of nitrogens with one attached hydrogen (secondary N) is 1. The molecule has 4 aromatic rings. The Hall–Kier alpha value is -3.51. The lowest BCUT2D eigenvalue weighted by Gasteiger charge is -2.00. The molecular weight excluding hydrogens is 368 g/mol. The maximum atomic E-state index is 12.3. The fourth-order valence-corrected chi connectivity index (χ4v) is 3.54. The molecule has 0 spiro atoms.